The number of hydrogen-bond donors (Lipinski definition) is 2. The molecular weight excluding hydrogens is 360 g/mol. The molecule has 2 fully saturated rings. The van der Waals surface area contributed by atoms with E-state index in [1.165, 1.54) is 24.9 Å². The van der Waals surface area contributed by atoms with Gasteiger partial charge in [-0.1, -0.05) is 0 Å². The molecule has 0 aromatic carbocycles. The zero-order chi connectivity index (χ0) is 18.0. The van der Waals surface area contributed by atoms with Gasteiger partial charge in [0.15, 0.2) is 23.1 Å². The second-order valence-corrected chi connectivity index (χ2v) is 7.29. The maximum atomic E-state index is 15.4. The number of methoxy groups -OCH3 is 1. The third-order valence-corrected chi connectivity index (χ3v) is 5.15. The molecular formula is C12H15FN5O6P. The number of halogens is 1. The fourth-order valence-corrected chi connectivity index (χ4v) is 4.10. The van der Waals surface area contributed by atoms with Crippen LogP contribution in [0.1, 0.15) is 13.2 Å². The highest BCUT2D eigenvalue weighted by molar-refractivity contribution is 7.47. The zero-order valence-electron chi connectivity index (χ0n) is 13.2. The zero-order valence-corrected chi connectivity index (χ0v) is 14.1. The smallest absolute Gasteiger partial charge is 0.472 e. The number of rotatable bonds is 2. The third-order valence-electron chi connectivity index (χ3n) is 4.18. The second kappa shape index (κ2) is 5.32. The largest absolute Gasteiger partial charge is 0.479 e. The Morgan fingerprint density at radius 2 is 2.32 bits per heavy atom. The van der Waals surface area contributed by atoms with Crippen molar-refractivity contribution in [3.05, 3.63) is 6.33 Å². The van der Waals surface area contributed by atoms with Gasteiger partial charge >= 0.3 is 7.82 Å². The van der Waals surface area contributed by atoms with E-state index < -0.39 is 31.9 Å². The average Bonchev–Trinajstić information content (AvgIpc) is 3.05. The first-order valence-electron chi connectivity index (χ1n) is 7.27. The molecule has 4 rings (SSSR count). The van der Waals surface area contributed by atoms with E-state index in [1.54, 1.807) is 0 Å². The number of aromatic nitrogens is 4. The van der Waals surface area contributed by atoms with Crippen LogP contribution in [-0.4, -0.2) is 56.0 Å². The Morgan fingerprint density at radius 3 is 3.04 bits per heavy atom. The number of nitrogen functional groups attached to an aromatic ring is 1. The summed E-state index contributed by atoms with van der Waals surface area (Å²) in [6, 6.07) is 0. The quantitative estimate of drug-likeness (QED) is 0.714. The van der Waals surface area contributed by atoms with E-state index in [9.17, 15) is 9.46 Å². The minimum Gasteiger partial charge on any atom is -0.479 e. The van der Waals surface area contributed by atoms with Crippen molar-refractivity contribution in [2.24, 2.45) is 0 Å². The third kappa shape index (κ3) is 2.49. The van der Waals surface area contributed by atoms with E-state index in [0.29, 0.717) is 0 Å². The molecule has 5 atom stereocenters. The van der Waals surface area contributed by atoms with Gasteiger partial charge in [0.2, 0.25) is 11.8 Å². The molecule has 11 nitrogen and oxygen atoms in total. The highest BCUT2D eigenvalue weighted by atomic mass is 31.2. The van der Waals surface area contributed by atoms with Crippen molar-refractivity contribution in [1.82, 2.24) is 19.5 Å². The molecule has 0 bridgehead atoms. The molecule has 2 aliphatic heterocycles. The molecule has 0 aliphatic carbocycles. The Kier molecular flexibility index (Phi) is 3.54. The van der Waals surface area contributed by atoms with Crippen LogP contribution in [0.5, 0.6) is 5.88 Å². The van der Waals surface area contributed by atoms with Gasteiger partial charge in [0.1, 0.15) is 12.2 Å². The SMILES string of the molecule is COc1nc(N)nc2c1ncn2[C@@H]1O[C@@H]2COP(=O)(O)O[C@H]2[C@@]1(C)F. The van der Waals surface area contributed by atoms with Crippen molar-refractivity contribution < 1.29 is 32.4 Å². The van der Waals surface area contributed by atoms with E-state index in [1.807, 2.05) is 0 Å². The Hall–Kier alpha value is -1.85. The van der Waals surface area contributed by atoms with Crippen molar-refractivity contribution in [1.29, 1.82) is 0 Å². The first kappa shape index (κ1) is 16.6. The minimum absolute atomic E-state index is 0.0819. The summed E-state index contributed by atoms with van der Waals surface area (Å²) < 4.78 is 48.7. The molecule has 0 spiro atoms. The molecule has 0 radical (unpaired) electrons. The Morgan fingerprint density at radius 1 is 1.56 bits per heavy atom. The van der Waals surface area contributed by atoms with Gasteiger partial charge in [-0.2, -0.15) is 9.97 Å². The number of hydrogen-bond acceptors (Lipinski definition) is 9. The van der Waals surface area contributed by atoms with Crippen molar-refractivity contribution in [3.63, 3.8) is 0 Å². The second-order valence-electron chi connectivity index (χ2n) is 5.88. The molecule has 1 unspecified atom stereocenters. The molecule has 0 saturated carbocycles. The number of alkyl halides is 1. The molecule has 2 saturated heterocycles. The van der Waals surface area contributed by atoms with Crippen LogP contribution in [0.2, 0.25) is 0 Å². The van der Waals surface area contributed by atoms with E-state index in [2.05, 4.69) is 19.5 Å². The van der Waals surface area contributed by atoms with Crippen LogP contribution >= 0.6 is 7.82 Å². The van der Waals surface area contributed by atoms with E-state index in [4.69, 9.17) is 19.7 Å². The number of imidazole rings is 1. The molecule has 25 heavy (non-hydrogen) atoms. The van der Waals surface area contributed by atoms with Crippen LogP contribution in [0.3, 0.4) is 0 Å². The Balaban J connectivity index is 1.79. The predicted molar refractivity (Wildman–Crippen MR) is 80.4 cm³/mol. The first-order valence-corrected chi connectivity index (χ1v) is 8.76. The molecule has 2 aromatic rings. The summed E-state index contributed by atoms with van der Waals surface area (Å²) >= 11 is 0. The Labute approximate surface area is 140 Å². The monoisotopic (exact) mass is 375 g/mol. The van der Waals surface area contributed by atoms with Gasteiger partial charge in [0, 0.05) is 0 Å². The van der Waals surface area contributed by atoms with Gasteiger partial charge in [-0.25, -0.2) is 13.9 Å². The molecule has 2 aliphatic rings. The predicted octanol–water partition coefficient (Wildman–Crippen LogP) is 0.558. The summed E-state index contributed by atoms with van der Waals surface area (Å²) in [5, 5.41) is 0. The summed E-state index contributed by atoms with van der Waals surface area (Å²) in [4.78, 5) is 21.6. The highest BCUT2D eigenvalue weighted by Gasteiger charge is 2.61. The summed E-state index contributed by atoms with van der Waals surface area (Å²) in [7, 11) is -2.93. The first-order chi connectivity index (χ1) is 11.7. The van der Waals surface area contributed by atoms with Crippen LogP contribution in [0.15, 0.2) is 6.33 Å². The average molecular weight is 375 g/mol. The minimum atomic E-state index is -4.32. The lowest BCUT2D eigenvalue weighted by Gasteiger charge is -2.31. The molecule has 0 amide bonds. The standard InChI is InChI=1S/C12H15FN5O6P/c1-12(13)7-5(3-22-25(19,20)24-7)23-10(12)18-4-15-6-8(18)16-11(14)17-9(6)21-2/h4-5,7,10H,3H2,1-2H3,(H,19,20)(H2,14,16,17)/t5-,7-,10-,12-/m1/s1. The molecule has 3 N–H and O–H groups in total. The van der Waals surface area contributed by atoms with Crippen LogP contribution < -0.4 is 10.5 Å². The van der Waals surface area contributed by atoms with Gasteiger partial charge in [-0.3, -0.25) is 13.6 Å². The van der Waals surface area contributed by atoms with Gasteiger partial charge in [-0.05, 0) is 6.92 Å². The lowest BCUT2D eigenvalue weighted by molar-refractivity contribution is -0.0667. The van der Waals surface area contributed by atoms with Gasteiger partial charge in [0.25, 0.3) is 0 Å². The van der Waals surface area contributed by atoms with Gasteiger partial charge in [-0.15, -0.1) is 0 Å². The fraction of sp³-hybridized carbons (Fsp3) is 0.583. The lowest BCUT2D eigenvalue weighted by Crippen LogP contribution is -2.44. The van der Waals surface area contributed by atoms with E-state index in [-0.39, 0.29) is 29.6 Å². The molecule has 4 heterocycles. The number of anilines is 1. The molecule has 13 heteroatoms. The van der Waals surface area contributed by atoms with E-state index >= 15 is 4.39 Å². The number of ether oxygens (including phenoxy) is 2. The maximum absolute atomic E-state index is 15.4. The topological polar surface area (TPSA) is 144 Å². The van der Waals surface area contributed by atoms with Crippen LogP contribution in [0.4, 0.5) is 10.3 Å². The van der Waals surface area contributed by atoms with Crippen molar-refractivity contribution in [2.75, 3.05) is 19.5 Å². The summed E-state index contributed by atoms with van der Waals surface area (Å²) in [5.41, 5.74) is 3.97. The number of phosphoric acid groups is 1. The van der Waals surface area contributed by atoms with Crippen LogP contribution in [0, 0.1) is 0 Å². The Bertz CT molecular complexity index is 890. The maximum Gasteiger partial charge on any atom is 0.472 e. The van der Waals surface area contributed by atoms with Crippen molar-refractivity contribution in [2.45, 2.75) is 31.0 Å². The van der Waals surface area contributed by atoms with Crippen LogP contribution in [0.25, 0.3) is 11.2 Å². The van der Waals surface area contributed by atoms with Crippen molar-refractivity contribution >= 4 is 24.9 Å². The van der Waals surface area contributed by atoms with E-state index in [0.717, 1.165) is 0 Å². The summed E-state index contributed by atoms with van der Waals surface area (Å²) in [6.07, 6.45) is -2.08. The number of nitrogens with zero attached hydrogens (tertiary/aromatic N) is 4. The summed E-state index contributed by atoms with van der Waals surface area (Å²) in [6.45, 7) is 0.933. The number of nitrogens with two attached hydrogens (primary N) is 1. The van der Waals surface area contributed by atoms with Crippen LogP contribution in [-0.2, 0) is 18.3 Å². The number of phosphoric ester groups is 1. The summed E-state index contributed by atoms with van der Waals surface area (Å²) in [5.74, 6) is 0.0539. The highest BCUT2D eigenvalue weighted by Crippen LogP contribution is 2.56. The van der Waals surface area contributed by atoms with Crippen molar-refractivity contribution in [3.8, 4) is 5.88 Å². The van der Waals surface area contributed by atoms with Gasteiger partial charge < -0.3 is 20.1 Å². The lowest BCUT2D eigenvalue weighted by atomic mass is 9.98. The molecule has 136 valence electrons. The molecule has 2 aromatic heterocycles. The fourth-order valence-electron chi connectivity index (χ4n) is 3.07. The normalized spacial score (nSPS) is 38.0. The van der Waals surface area contributed by atoms with Gasteiger partial charge in [0.05, 0.1) is 20.0 Å². The number of fused-ring (bicyclic) bond motifs is 2.